The van der Waals surface area contributed by atoms with Crippen molar-refractivity contribution in [3.8, 4) is 0 Å². The maximum absolute atomic E-state index is 13.5. The van der Waals surface area contributed by atoms with E-state index in [0.717, 1.165) is 75.2 Å². The van der Waals surface area contributed by atoms with Crippen molar-refractivity contribution < 1.29 is 37.1 Å². The van der Waals surface area contributed by atoms with Crippen LogP contribution in [0.2, 0.25) is 0 Å². The SMILES string of the molecule is Cc1cccc(C)c1NC(=O)C[N+]1(Cc2ccccc2)CCCC(C(=O)N2CCCCCC2)C1.O=C([O-])C(F)(F)F. The highest BCUT2D eigenvalue weighted by atomic mass is 19.4. The number of halogens is 3. The largest absolute Gasteiger partial charge is 0.542 e. The lowest BCUT2D eigenvalue weighted by Crippen LogP contribution is -2.59. The van der Waals surface area contributed by atoms with Crippen molar-refractivity contribution in [2.75, 3.05) is 38.0 Å². The number of carbonyl (C=O) groups is 3. The number of hydrogen-bond donors (Lipinski definition) is 1. The van der Waals surface area contributed by atoms with Gasteiger partial charge in [-0.1, -0.05) is 61.4 Å². The normalized spacial score (nSPS) is 21.2. The molecule has 2 unspecified atom stereocenters. The average Bonchev–Trinajstić information content (AvgIpc) is 3.21. The summed E-state index contributed by atoms with van der Waals surface area (Å²) in [5.41, 5.74) is 4.30. The molecule has 1 N–H and O–H groups in total. The van der Waals surface area contributed by atoms with E-state index in [-0.39, 0.29) is 11.8 Å². The second kappa shape index (κ2) is 14.5. The lowest BCUT2D eigenvalue weighted by molar-refractivity contribution is -0.940. The molecule has 0 bridgehead atoms. The van der Waals surface area contributed by atoms with Crippen molar-refractivity contribution in [1.82, 2.24) is 4.90 Å². The average molecular weight is 576 g/mol. The Morgan fingerprint density at radius 2 is 1.51 bits per heavy atom. The van der Waals surface area contributed by atoms with Crippen molar-refractivity contribution >= 4 is 23.5 Å². The Morgan fingerprint density at radius 1 is 0.927 bits per heavy atom. The Labute approximate surface area is 239 Å². The molecule has 10 heteroatoms. The van der Waals surface area contributed by atoms with E-state index < -0.39 is 12.1 Å². The summed E-state index contributed by atoms with van der Waals surface area (Å²) in [4.78, 5) is 37.8. The minimum Gasteiger partial charge on any atom is -0.542 e. The molecule has 0 saturated carbocycles. The summed E-state index contributed by atoms with van der Waals surface area (Å²) >= 11 is 0. The number of benzene rings is 2. The number of likely N-dealkylation sites (tertiary alicyclic amines) is 2. The van der Waals surface area contributed by atoms with E-state index in [4.69, 9.17) is 9.90 Å². The molecular formula is C31H40F3N3O4. The van der Waals surface area contributed by atoms with E-state index >= 15 is 0 Å². The Balaban J connectivity index is 0.000000587. The molecule has 2 amide bonds. The van der Waals surface area contributed by atoms with Gasteiger partial charge in [0.05, 0.1) is 19.0 Å². The lowest BCUT2D eigenvalue weighted by Gasteiger charge is -2.44. The van der Waals surface area contributed by atoms with Crippen molar-refractivity contribution in [2.45, 2.75) is 65.1 Å². The number of aliphatic carboxylic acids is 1. The van der Waals surface area contributed by atoms with Crippen LogP contribution in [0, 0.1) is 19.8 Å². The van der Waals surface area contributed by atoms with Gasteiger partial charge in [0.1, 0.15) is 12.5 Å². The maximum Gasteiger partial charge on any atom is 0.430 e. The number of nitrogens with one attached hydrogen (secondary N) is 1. The number of rotatable bonds is 6. The third-order valence-corrected chi connectivity index (χ3v) is 7.88. The standard InChI is InChI=1S/C29H39N3O2.C2HF3O2/c1-23-12-10-13-24(2)28(23)30-27(33)22-32(20-25-14-6-5-7-15-25)19-11-16-26(21-32)29(34)31-17-8-3-4-9-18-31;3-2(4,5)1(6)7/h5-7,10,12-15,26H,3-4,8-9,11,16-22H2,1-2H3;(H,6,7). The Morgan fingerprint density at radius 3 is 2.07 bits per heavy atom. The molecule has 0 aromatic heterocycles. The zero-order valence-electron chi connectivity index (χ0n) is 23.8. The van der Waals surface area contributed by atoms with Crippen LogP contribution in [0.1, 0.15) is 55.2 Å². The topological polar surface area (TPSA) is 89.5 Å². The van der Waals surface area contributed by atoms with Crippen LogP contribution in [0.15, 0.2) is 48.5 Å². The van der Waals surface area contributed by atoms with Gasteiger partial charge in [0.25, 0.3) is 5.91 Å². The first-order valence-electron chi connectivity index (χ1n) is 14.2. The summed E-state index contributed by atoms with van der Waals surface area (Å²) in [6.45, 7) is 8.70. The van der Waals surface area contributed by atoms with Gasteiger partial charge in [-0.15, -0.1) is 0 Å². The fourth-order valence-electron chi connectivity index (χ4n) is 5.88. The molecule has 2 aliphatic heterocycles. The number of carbonyl (C=O) groups excluding carboxylic acids is 3. The number of nitrogens with zero attached hydrogens (tertiary/aromatic N) is 2. The van der Waals surface area contributed by atoms with Crippen LogP contribution in [-0.2, 0) is 20.9 Å². The fraction of sp³-hybridized carbons (Fsp3) is 0.516. The van der Waals surface area contributed by atoms with Crippen molar-refractivity contribution in [1.29, 1.82) is 0 Å². The third kappa shape index (κ3) is 9.59. The van der Waals surface area contributed by atoms with E-state index in [1.165, 1.54) is 18.4 Å². The van der Waals surface area contributed by atoms with E-state index in [2.05, 4.69) is 34.5 Å². The number of carboxylic acid groups (broad SMARTS) is 1. The highest BCUT2D eigenvalue weighted by Gasteiger charge is 2.41. The van der Waals surface area contributed by atoms with Crippen LogP contribution < -0.4 is 10.4 Å². The summed E-state index contributed by atoms with van der Waals surface area (Å²) < 4.78 is 32.2. The van der Waals surface area contributed by atoms with Gasteiger partial charge in [0.2, 0.25) is 5.91 Å². The highest BCUT2D eigenvalue weighted by Crippen LogP contribution is 2.29. The van der Waals surface area contributed by atoms with Gasteiger partial charge in [-0.05, 0) is 50.7 Å². The lowest BCUT2D eigenvalue weighted by atomic mass is 9.93. The first-order valence-corrected chi connectivity index (χ1v) is 14.2. The fourth-order valence-corrected chi connectivity index (χ4v) is 5.88. The molecule has 2 fully saturated rings. The van der Waals surface area contributed by atoms with Crippen LogP contribution in [0.4, 0.5) is 18.9 Å². The van der Waals surface area contributed by atoms with Gasteiger partial charge in [0.15, 0.2) is 6.54 Å². The molecule has 41 heavy (non-hydrogen) atoms. The van der Waals surface area contributed by atoms with Crippen molar-refractivity contribution in [3.05, 3.63) is 65.2 Å². The first kappa shape index (κ1) is 32.1. The summed E-state index contributed by atoms with van der Waals surface area (Å²) in [6.07, 6.45) is 1.39. The van der Waals surface area contributed by atoms with Crippen molar-refractivity contribution in [2.24, 2.45) is 5.92 Å². The second-order valence-electron chi connectivity index (χ2n) is 11.2. The van der Waals surface area contributed by atoms with Crippen molar-refractivity contribution in [3.63, 3.8) is 0 Å². The minimum atomic E-state index is -5.19. The first-order chi connectivity index (χ1) is 19.4. The van der Waals surface area contributed by atoms with E-state index in [9.17, 15) is 22.8 Å². The molecule has 2 atom stereocenters. The molecule has 7 nitrogen and oxygen atoms in total. The molecule has 0 spiro atoms. The van der Waals surface area contributed by atoms with Gasteiger partial charge in [0, 0.05) is 24.3 Å². The van der Waals surface area contributed by atoms with Crippen LogP contribution in [0.3, 0.4) is 0 Å². The second-order valence-corrected chi connectivity index (χ2v) is 11.2. The number of quaternary nitrogens is 1. The van der Waals surface area contributed by atoms with Gasteiger partial charge in [-0.25, -0.2) is 0 Å². The van der Waals surface area contributed by atoms with Crippen LogP contribution in [0.5, 0.6) is 0 Å². The van der Waals surface area contributed by atoms with Crippen LogP contribution in [0.25, 0.3) is 0 Å². The number of aryl methyl sites for hydroxylation is 2. The smallest absolute Gasteiger partial charge is 0.430 e. The Hall–Kier alpha value is -3.40. The predicted molar refractivity (Wildman–Crippen MR) is 148 cm³/mol. The molecule has 2 saturated heterocycles. The number of piperidine rings is 1. The highest BCUT2D eigenvalue weighted by molar-refractivity contribution is 5.93. The molecule has 224 valence electrons. The summed E-state index contributed by atoms with van der Waals surface area (Å²) in [5.74, 6) is -2.65. The molecule has 2 aromatic carbocycles. The Bertz CT molecular complexity index is 1160. The van der Waals surface area contributed by atoms with Gasteiger partial charge in [-0.2, -0.15) is 13.2 Å². The molecule has 4 rings (SSSR count). The maximum atomic E-state index is 13.5. The summed E-state index contributed by atoms with van der Waals surface area (Å²) in [6, 6.07) is 16.5. The zero-order valence-corrected chi connectivity index (χ0v) is 23.8. The molecule has 0 aliphatic carbocycles. The predicted octanol–water partition coefficient (Wildman–Crippen LogP) is 4.37. The molecule has 2 aromatic rings. The molecule has 2 heterocycles. The number of carboxylic acids is 1. The van der Waals surface area contributed by atoms with E-state index in [1.54, 1.807) is 0 Å². The van der Waals surface area contributed by atoms with Gasteiger partial charge >= 0.3 is 6.18 Å². The van der Waals surface area contributed by atoms with Crippen LogP contribution in [-0.4, -0.2) is 66.1 Å². The zero-order chi connectivity index (χ0) is 30.0. The number of anilines is 1. The van der Waals surface area contributed by atoms with Crippen LogP contribution >= 0.6 is 0 Å². The number of amides is 2. The van der Waals surface area contributed by atoms with E-state index in [1.807, 2.05) is 38.1 Å². The quantitative estimate of drug-likeness (QED) is 0.518. The van der Waals surface area contributed by atoms with Gasteiger partial charge < -0.3 is 24.6 Å². The molecular weight excluding hydrogens is 535 g/mol. The van der Waals surface area contributed by atoms with Gasteiger partial charge in [-0.3, -0.25) is 9.59 Å². The molecule has 0 radical (unpaired) electrons. The summed E-state index contributed by atoms with van der Waals surface area (Å²) in [7, 11) is 0. The Kier molecular flexibility index (Phi) is 11.3. The number of hydrogen-bond acceptors (Lipinski definition) is 4. The third-order valence-electron chi connectivity index (χ3n) is 7.88. The summed E-state index contributed by atoms with van der Waals surface area (Å²) in [5, 5.41) is 12.0. The number of para-hydroxylation sites is 1. The van der Waals surface area contributed by atoms with E-state index in [0.29, 0.717) is 16.9 Å². The number of alkyl halides is 3. The minimum absolute atomic E-state index is 0.00330. The molecule has 2 aliphatic rings. The monoisotopic (exact) mass is 575 g/mol.